The lowest BCUT2D eigenvalue weighted by Crippen LogP contribution is -2.35. The first-order valence-corrected chi connectivity index (χ1v) is 5.22. The van der Waals surface area contributed by atoms with Gasteiger partial charge in [0.1, 0.15) is 0 Å². The van der Waals surface area contributed by atoms with Crippen LogP contribution < -0.4 is 0 Å². The molecule has 0 aromatic carbocycles. The summed E-state index contributed by atoms with van der Waals surface area (Å²) >= 11 is 0. The molecule has 1 aliphatic carbocycles. The first kappa shape index (κ1) is 10.6. The maximum absolute atomic E-state index is 11.5. The van der Waals surface area contributed by atoms with Crippen LogP contribution in [0.4, 0.5) is 0 Å². The molecule has 2 rings (SSSR count). The van der Waals surface area contributed by atoms with Gasteiger partial charge in [-0.05, 0) is 13.3 Å². The van der Waals surface area contributed by atoms with Gasteiger partial charge in [-0.25, -0.2) is 4.79 Å². The predicted octanol–water partition coefficient (Wildman–Crippen LogP) is 1.40. The van der Waals surface area contributed by atoms with E-state index in [1.165, 1.54) is 7.11 Å². The molecule has 2 aliphatic rings. The molecule has 1 saturated heterocycles. The Labute approximate surface area is 89.2 Å². The van der Waals surface area contributed by atoms with Crippen molar-refractivity contribution in [2.75, 3.05) is 20.3 Å². The van der Waals surface area contributed by atoms with Crippen molar-refractivity contribution in [2.24, 2.45) is 0 Å². The van der Waals surface area contributed by atoms with Gasteiger partial charge in [0.05, 0.1) is 20.3 Å². The summed E-state index contributed by atoms with van der Waals surface area (Å²) in [5.74, 6) is -0.811. The molecule has 0 unspecified atom stereocenters. The van der Waals surface area contributed by atoms with Crippen molar-refractivity contribution in [1.82, 2.24) is 0 Å². The standard InChI is InChI=1S/C11H16O4/c1-8-3-4-11(14-5-6-15-11)7-9(8)10(12)13-2/h3-7H2,1-2H3. The number of hydrogen-bond acceptors (Lipinski definition) is 4. The van der Waals surface area contributed by atoms with Gasteiger partial charge in [0, 0.05) is 18.4 Å². The van der Waals surface area contributed by atoms with E-state index in [2.05, 4.69) is 0 Å². The summed E-state index contributed by atoms with van der Waals surface area (Å²) in [6, 6.07) is 0. The summed E-state index contributed by atoms with van der Waals surface area (Å²) in [4.78, 5) is 11.5. The molecule has 0 aromatic rings. The predicted molar refractivity (Wildman–Crippen MR) is 53.2 cm³/mol. The first-order valence-electron chi connectivity index (χ1n) is 5.22. The highest BCUT2D eigenvalue weighted by atomic mass is 16.7. The maximum atomic E-state index is 11.5. The molecule has 1 aliphatic heterocycles. The summed E-state index contributed by atoms with van der Waals surface area (Å²) in [7, 11) is 1.40. The third-order valence-corrected chi connectivity index (χ3v) is 3.09. The van der Waals surface area contributed by atoms with Crippen LogP contribution in [0.2, 0.25) is 0 Å². The quantitative estimate of drug-likeness (QED) is 0.616. The molecule has 0 bridgehead atoms. The van der Waals surface area contributed by atoms with Crippen LogP contribution >= 0.6 is 0 Å². The van der Waals surface area contributed by atoms with E-state index in [1.807, 2.05) is 6.92 Å². The number of methoxy groups -OCH3 is 1. The Bertz CT molecular complexity index is 300. The SMILES string of the molecule is COC(=O)C1=C(C)CCC2(C1)OCCO2. The third-order valence-electron chi connectivity index (χ3n) is 3.09. The van der Waals surface area contributed by atoms with Crippen LogP contribution in [0.1, 0.15) is 26.2 Å². The Morgan fingerprint density at radius 1 is 1.40 bits per heavy atom. The number of allylic oxidation sites excluding steroid dienone is 1. The first-order chi connectivity index (χ1) is 7.17. The Kier molecular flexibility index (Phi) is 2.80. The lowest BCUT2D eigenvalue weighted by molar-refractivity contribution is -0.168. The number of carbonyl (C=O) groups is 1. The van der Waals surface area contributed by atoms with Gasteiger partial charge in [-0.15, -0.1) is 0 Å². The molecule has 0 aromatic heterocycles. The molecule has 4 nitrogen and oxygen atoms in total. The Hall–Kier alpha value is -0.870. The minimum Gasteiger partial charge on any atom is -0.466 e. The van der Waals surface area contributed by atoms with E-state index >= 15 is 0 Å². The highest BCUT2D eigenvalue weighted by Gasteiger charge is 2.41. The van der Waals surface area contributed by atoms with Crippen LogP contribution in [0.5, 0.6) is 0 Å². The number of ether oxygens (including phenoxy) is 3. The third kappa shape index (κ3) is 1.92. The summed E-state index contributed by atoms with van der Waals surface area (Å²) < 4.78 is 15.9. The van der Waals surface area contributed by atoms with Crippen LogP contribution in [0.15, 0.2) is 11.1 Å². The highest BCUT2D eigenvalue weighted by Crippen LogP contribution is 2.38. The molecule has 0 amide bonds. The van der Waals surface area contributed by atoms with Crippen molar-refractivity contribution in [2.45, 2.75) is 32.0 Å². The molecule has 1 heterocycles. The minimum absolute atomic E-state index is 0.259. The van der Waals surface area contributed by atoms with Gasteiger partial charge in [-0.3, -0.25) is 0 Å². The number of rotatable bonds is 1. The molecular weight excluding hydrogens is 196 g/mol. The summed E-state index contributed by atoms with van der Waals surface area (Å²) in [6.45, 7) is 3.20. The van der Waals surface area contributed by atoms with Crippen molar-refractivity contribution >= 4 is 5.97 Å². The average Bonchev–Trinajstić information content (AvgIpc) is 2.70. The molecule has 1 spiro atoms. The van der Waals surface area contributed by atoms with Gasteiger partial charge >= 0.3 is 5.97 Å². The van der Waals surface area contributed by atoms with Gasteiger partial charge in [-0.2, -0.15) is 0 Å². The fraction of sp³-hybridized carbons (Fsp3) is 0.727. The lowest BCUT2D eigenvalue weighted by atomic mass is 9.88. The smallest absolute Gasteiger partial charge is 0.333 e. The normalized spacial score (nSPS) is 24.7. The second-order valence-corrected chi connectivity index (χ2v) is 4.03. The van der Waals surface area contributed by atoms with Crippen molar-refractivity contribution in [1.29, 1.82) is 0 Å². The van der Waals surface area contributed by atoms with Gasteiger partial charge in [0.15, 0.2) is 5.79 Å². The van der Waals surface area contributed by atoms with Gasteiger partial charge in [0.2, 0.25) is 0 Å². The Balaban J connectivity index is 2.18. The highest BCUT2D eigenvalue weighted by molar-refractivity contribution is 5.89. The van der Waals surface area contributed by atoms with Crippen LogP contribution in [0.25, 0.3) is 0 Å². The van der Waals surface area contributed by atoms with Crippen molar-refractivity contribution in [3.63, 3.8) is 0 Å². The van der Waals surface area contributed by atoms with Gasteiger partial charge in [-0.1, -0.05) is 5.57 Å². The second kappa shape index (κ2) is 3.94. The van der Waals surface area contributed by atoms with E-state index in [0.29, 0.717) is 25.2 Å². The Morgan fingerprint density at radius 2 is 2.07 bits per heavy atom. The van der Waals surface area contributed by atoms with Crippen LogP contribution in [-0.2, 0) is 19.0 Å². The molecule has 0 atom stereocenters. The van der Waals surface area contributed by atoms with Crippen LogP contribution in [0.3, 0.4) is 0 Å². The van der Waals surface area contributed by atoms with Crippen LogP contribution in [-0.4, -0.2) is 32.1 Å². The molecule has 1 fully saturated rings. The summed E-state index contributed by atoms with van der Waals surface area (Å²) in [5, 5.41) is 0. The zero-order chi connectivity index (χ0) is 10.9. The van der Waals surface area contributed by atoms with E-state index in [4.69, 9.17) is 14.2 Å². The van der Waals surface area contributed by atoms with E-state index in [-0.39, 0.29) is 5.97 Å². The monoisotopic (exact) mass is 212 g/mol. The van der Waals surface area contributed by atoms with Crippen molar-refractivity contribution in [3.8, 4) is 0 Å². The Morgan fingerprint density at radius 3 is 2.67 bits per heavy atom. The molecule has 0 radical (unpaired) electrons. The summed E-state index contributed by atoms with van der Waals surface area (Å²) in [5.41, 5.74) is 1.80. The largest absolute Gasteiger partial charge is 0.466 e. The molecule has 0 saturated carbocycles. The second-order valence-electron chi connectivity index (χ2n) is 4.03. The zero-order valence-corrected chi connectivity index (χ0v) is 9.17. The molecule has 15 heavy (non-hydrogen) atoms. The fourth-order valence-corrected chi connectivity index (χ4v) is 2.15. The van der Waals surface area contributed by atoms with Gasteiger partial charge < -0.3 is 14.2 Å². The molecule has 4 heteroatoms. The number of hydrogen-bond donors (Lipinski definition) is 0. The average molecular weight is 212 g/mol. The molecule has 84 valence electrons. The number of esters is 1. The topological polar surface area (TPSA) is 44.8 Å². The van der Waals surface area contributed by atoms with Crippen molar-refractivity contribution in [3.05, 3.63) is 11.1 Å². The fourth-order valence-electron chi connectivity index (χ4n) is 2.15. The maximum Gasteiger partial charge on any atom is 0.333 e. The van der Waals surface area contributed by atoms with Gasteiger partial charge in [0.25, 0.3) is 0 Å². The molecular formula is C11H16O4. The zero-order valence-electron chi connectivity index (χ0n) is 9.17. The minimum atomic E-state index is -0.553. The van der Waals surface area contributed by atoms with E-state index < -0.39 is 5.79 Å². The van der Waals surface area contributed by atoms with E-state index in [0.717, 1.165) is 18.4 Å². The van der Waals surface area contributed by atoms with Crippen molar-refractivity contribution < 1.29 is 19.0 Å². The molecule has 0 N–H and O–H groups in total. The number of carbonyl (C=O) groups excluding carboxylic acids is 1. The van der Waals surface area contributed by atoms with E-state index in [1.54, 1.807) is 0 Å². The summed E-state index contributed by atoms with van der Waals surface area (Å²) in [6.07, 6.45) is 2.19. The van der Waals surface area contributed by atoms with Crippen LogP contribution in [0, 0.1) is 0 Å². The van der Waals surface area contributed by atoms with E-state index in [9.17, 15) is 4.79 Å². The lowest BCUT2D eigenvalue weighted by Gasteiger charge is -2.32.